The minimum absolute atomic E-state index is 0.104. The summed E-state index contributed by atoms with van der Waals surface area (Å²) in [5.41, 5.74) is 9.05. The lowest BCUT2D eigenvalue weighted by molar-refractivity contribution is -0.122. The Hall–Kier alpha value is -1.84. The average Bonchev–Trinajstić information content (AvgIpc) is 2.54. The molecular formula is C18H21ClN2O. The van der Waals surface area contributed by atoms with Crippen LogP contribution in [0.2, 0.25) is 5.02 Å². The molecule has 0 fully saturated rings. The number of amides is 1. The molecule has 2 rings (SSSR count). The Morgan fingerprint density at radius 2 is 1.86 bits per heavy atom. The maximum atomic E-state index is 11.9. The molecule has 0 aliphatic carbocycles. The van der Waals surface area contributed by atoms with Gasteiger partial charge in [0, 0.05) is 11.6 Å². The molecule has 0 saturated carbocycles. The van der Waals surface area contributed by atoms with Crippen LogP contribution in [0.25, 0.3) is 11.1 Å². The molecule has 2 aromatic rings. The summed E-state index contributed by atoms with van der Waals surface area (Å²) < 4.78 is 0. The van der Waals surface area contributed by atoms with Crippen molar-refractivity contribution in [2.45, 2.75) is 32.4 Å². The molecule has 0 aromatic heterocycles. The lowest BCUT2D eigenvalue weighted by Crippen LogP contribution is -2.40. The highest BCUT2D eigenvalue weighted by molar-refractivity contribution is 6.30. The molecule has 0 heterocycles. The molecule has 3 N–H and O–H groups in total. The summed E-state index contributed by atoms with van der Waals surface area (Å²) in [5.74, 6) is -0.104. The highest BCUT2D eigenvalue weighted by atomic mass is 35.5. The number of rotatable bonds is 6. The topological polar surface area (TPSA) is 55.1 Å². The zero-order valence-corrected chi connectivity index (χ0v) is 13.4. The normalized spacial score (nSPS) is 12.0. The van der Waals surface area contributed by atoms with Crippen molar-refractivity contribution >= 4 is 17.5 Å². The molecule has 22 heavy (non-hydrogen) atoms. The van der Waals surface area contributed by atoms with E-state index in [9.17, 15) is 4.79 Å². The number of carbonyl (C=O) groups excluding carboxylic acids is 1. The quantitative estimate of drug-likeness (QED) is 0.852. The number of hydrogen-bond acceptors (Lipinski definition) is 2. The zero-order valence-electron chi connectivity index (χ0n) is 12.7. The van der Waals surface area contributed by atoms with Gasteiger partial charge in [-0.15, -0.1) is 0 Å². The molecule has 0 aliphatic heterocycles. The van der Waals surface area contributed by atoms with Crippen LogP contribution >= 0.6 is 11.6 Å². The van der Waals surface area contributed by atoms with Gasteiger partial charge >= 0.3 is 0 Å². The smallest absolute Gasteiger partial charge is 0.237 e. The van der Waals surface area contributed by atoms with Gasteiger partial charge in [-0.1, -0.05) is 61.3 Å². The van der Waals surface area contributed by atoms with Gasteiger partial charge in [0.25, 0.3) is 0 Å². The Bertz CT molecular complexity index is 625. The molecule has 1 unspecified atom stereocenters. The van der Waals surface area contributed by atoms with E-state index >= 15 is 0 Å². The molecule has 0 aliphatic rings. The Morgan fingerprint density at radius 1 is 1.18 bits per heavy atom. The van der Waals surface area contributed by atoms with Gasteiger partial charge in [-0.2, -0.15) is 0 Å². The van der Waals surface area contributed by atoms with E-state index in [2.05, 4.69) is 5.32 Å². The van der Waals surface area contributed by atoms with Crippen molar-refractivity contribution in [3.8, 4) is 11.1 Å². The van der Waals surface area contributed by atoms with E-state index in [-0.39, 0.29) is 5.91 Å². The number of halogens is 1. The van der Waals surface area contributed by atoms with Gasteiger partial charge in [0.05, 0.1) is 6.04 Å². The Kier molecular flexibility index (Phi) is 5.99. The lowest BCUT2D eigenvalue weighted by atomic mass is 9.99. The summed E-state index contributed by atoms with van der Waals surface area (Å²) in [6.07, 6.45) is 1.60. The molecule has 1 atom stereocenters. The van der Waals surface area contributed by atoms with Crippen molar-refractivity contribution in [2.75, 3.05) is 0 Å². The monoisotopic (exact) mass is 316 g/mol. The molecule has 0 spiro atoms. The maximum Gasteiger partial charge on any atom is 0.237 e. The summed E-state index contributed by atoms with van der Waals surface area (Å²) in [5, 5.41) is 3.62. The third-order valence-electron chi connectivity index (χ3n) is 3.56. The molecule has 0 radical (unpaired) electrons. The van der Waals surface area contributed by atoms with Crippen LogP contribution in [0, 0.1) is 0 Å². The summed E-state index contributed by atoms with van der Waals surface area (Å²) in [6.45, 7) is 2.48. The third kappa shape index (κ3) is 4.33. The van der Waals surface area contributed by atoms with Crippen LogP contribution < -0.4 is 11.1 Å². The van der Waals surface area contributed by atoms with Gasteiger partial charge in [0.2, 0.25) is 5.91 Å². The van der Waals surface area contributed by atoms with Crippen molar-refractivity contribution in [3.63, 3.8) is 0 Å². The van der Waals surface area contributed by atoms with Gasteiger partial charge in [0.1, 0.15) is 0 Å². The van der Waals surface area contributed by atoms with Crippen molar-refractivity contribution in [1.82, 2.24) is 5.32 Å². The molecule has 0 bridgehead atoms. The first-order valence-corrected chi connectivity index (χ1v) is 7.86. The number of nitrogens with two attached hydrogens (primary N) is 1. The van der Waals surface area contributed by atoms with E-state index in [4.69, 9.17) is 17.3 Å². The second kappa shape index (κ2) is 7.97. The van der Waals surface area contributed by atoms with E-state index in [1.165, 1.54) is 0 Å². The van der Waals surface area contributed by atoms with Gasteiger partial charge in [-0.25, -0.2) is 0 Å². The van der Waals surface area contributed by atoms with Crippen LogP contribution in [0.1, 0.15) is 25.3 Å². The van der Waals surface area contributed by atoms with Crippen molar-refractivity contribution < 1.29 is 4.79 Å². The standard InChI is InChI=1S/C18H21ClN2O/c1-2-5-17(20)18(22)21-12-14-6-3-4-7-16(14)13-8-10-15(19)11-9-13/h3-4,6-11,17H,2,5,12,20H2,1H3,(H,21,22). The van der Waals surface area contributed by atoms with E-state index in [1.54, 1.807) is 0 Å². The van der Waals surface area contributed by atoms with Crippen LogP contribution in [0.4, 0.5) is 0 Å². The summed E-state index contributed by atoms with van der Waals surface area (Å²) in [7, 11) is 0. The van der Waals surface area contributed by atoms with Crippen LogP contribution in [0.5, 0.6) is 0 Å². The Balaban J connectivity index is 2.12. The Morgan fingerprint density at radius 3 is 2.55 bits per heavy atom. The SMILES string of the molecule is CCCC(N)C(=O)NCc1ccccc1-c1ccc(Cl)cc1. The Labute approximate surface area is 136 Å². The predicted octanol–water partition coefficient (Wildman–Crippen LogP) is 3.75. The van der Waals surface area contributed by atoms with E-state index in [0.29, 0.717) is 18.0 Å². The van der Waals surface area contributed by atoms with Crippen molar-refractivity contribution in [3.05, 3.63) is 59.1 Å². The molecule has 1 amide bonds. The average molecular weight is 317 g/mol. The number of carbonyl (C=O) groups is 1. The summed E-state index contributed by atoms with van der Waals surface area (Å²) in [4.78, 5) is 11.9. The van der Waals surface area contributed by atoms with Crippen molar-refractivity contribution in [2.24, 2.45) is 5.73 Å². The molecule has 0 saturated heterocycles. The number of nitrogens with one attached hydrogen (secondary N) is 1. The maximum absolute atomic E-state index is 11.9. The highest BCUT2D eigenvalue weighted by Gasteiger charge is 2.12. The van der Waals surface area contributed by atoms with E-state index < -0.39 is 6.04 Å². The highest BCUT2D eigenvalue weighted by Crippen LogP contribution is 2.25. The largest absolute Gasteiger partial charge is 0.351 e. The van der Waals surface area contributed by atoms with Crippen LogP contribution in [-0.4, -0.2) is 11.9 Å². The predicted molar refractivity (Wildman–Crippen MR) is 91.6 cm³/mol. The first-order valence-electron chi connectivity index (χ1n) is 7.49. The van der Waals surface area contributed by atoms with Crippen molar-refractivity contribution in [1.29, 1.82) is 0 Å². The molecule has 116 valence electrons. The third-order valence-corrected chi connectivity index (χ3v) is 3.81. The summed E-state index contributed by atoms with van der Waals surface area (Å²) in [6, 6.07) is 15.2. The van der Waals surface area contributed by atoms with Crippen LogP contribution in [-0.2, 0) is 11.3 Å². The number of benzene rings is 2. The molecular weight excluding hydrogens is 296 g/mol. The lowest BCUT2D eigenvalue weighted by Gasteiger charge is -2.14. The van der Waals surface area contributed by atoms with E-state index in [0.717, 1.165) is 23.1 Å². The first kappa shape index (κ1) is 16.5. The van der Waals surface area contributed by atoms with Gasteiger partial charge in [-0.3, -0.25) is 4.79 Å². The van der Waals surface area contributed by atoms with Gasteiger partial charge in [-0.05, 0) is 35.2 Å². The fourth-order valence-corrected chi connectivity index (χ4v) is 2.47. The number of hydrogen-bond donors (Lipinski definition) is 2. The first-order chi connectivity index (χ1) is 10.6. The van der Waals surface area contributed by atoms with Gasteiger partial charge < -0.3 is 11.1 Å². The summed E-state index contributed by atoms with van der Waals surface area (Å²) >= 11 is 5.94. The van der Waals surface area contributed by atoms with E-state index in [1.807, 2.05) is 55.5 Å². The van der Waals surface area contributed by atoms with Gasteiger partial charge in [0.15, 0.2) is 0 Å². The fraction of sp³-hybridized carbons (Fsp3) is 0.278. The van der Waals surface area contributed by atoms with Crippen LogP contribution in [0.3, 0.4) is 0 Å². The minimum atomic E-state index is -0.437. The fourth-order valence-electron chi connectivity index (χ4n) is 2.34. The second-order valence-corrected chi connectivity index (χ2v) is 5.71. The molecule has 4 heteroatoms. The molecule has 2 aromatic carbocycles. The minimum Gasteiger partial charge on any atom is -0.351 e. The van der Waals surface area contributed by atoms with Crippen LogP contribution in [0.15, 0.2) is 48.5 Å². The second-order valence-electron chi connectivity index (χ2n) is 5.28. The zero-order chi connectivity index (χ0) is 15.9. The molecule has 3 nitrogen and oxygen atoms in total.